The predicted octanol–water partition coefficient (Wildman–Crippen LogP) is 4.22. The van der Waals surface area contributed by atoms with Crippen LogP contribution >= 0.6 is 0 Å². The van der Waals surface area contributed by atoms with Crippen LogP contribution in [0.4, 0.5) is 0 Å². The van der Waals surface area contributed by atoms with Crippen molar-refractivity contribution >= 4 is 11.9 Å². The van der Waals surface area contributed by atoms with Crippen molar-refractivity contribution in [3.05, 3.63) is 24.3 Å². The lowest BCUT2D eigenvalue weighted by Gasteiger charge is -2.33. The maximum atomic E-state index is 12.2. The molecule has 0 aromatic carbocycles. The van der Waals surface area contributed by atoms with Crippen LogP contribution in [0.1, 0.15) is 65.2 Å². The fourth-order valence-electron chi connectivity index (χ4n) is 3.87. The summed E-state index contributed by atoms with van der Waals surface area (Å²) in [4.78, 5) is 24.1. The van der Waals surface area contributed by atoms with Gasteiger partial charge in [-0.15, -0.1) is 0 Å². The van der Waals surface area contributed by atoms with Gasteiger partial charge in [-0.25, -0.2) is 9.59 Å². The molecule has 0 aromatic heterocycles. The summed E-state index contributed by atoms with van der Waals surface area (Å²) >= 11 is 0. The van der Waals surface area contributed by atoms with Crippen molar-refractivity contribution in [3.8, 4) is 0 Å². The summed E-state index contributed by atoms with van der Waals surface area (Å²) in [6.45, 7) is 11.8. The first-order valence-corrected chi connectivity index (χ1v) is 11.3. The molecular weight excluding hydrogens is 384 g/mol. The SMILES string of the molecule is C=C(CO)C(=O)OCC(COC(=O)C(=C)COCC)C1CCC(CCCCC)CC1. The summed E-state index contributed by atoms with van der Waals surface area (Å²) < 4.78 is 16.0. The molecule has 30 heavy (non-hydrogen) atoms. The summed E-state index contributed by atoms with van der Waals surface area (Å²) in [6.07, 6.45) is 9.49. The zero-order valence-electron chi connectivity index (χ0n) is 18.8. The van der Waals surface area contributed by atoms with E-state index in [9.17, 15) is 9.59 Å². The van der Waals surface area contributed by atoms with Crippen LogP contribution in [0, 0.1) is 17.8 Å². The van der Waals surface area contributed by atoms with Gasteiger partial charge in [0.1, 0.15) is 0 Å². The third-order valence-electron chi connectivity index (χ3n) is 5.88. The van der Waals surface area contributed by atoms with Gasteiger partial charge in [0, 0.05) is 12.5 Å². The van der Waals surface area contributed by atoms with Crippen LogP contribution in [-0.2, 0) is 23.8 Å². The Hall–Kier alpha value is -1.66. The molecule has 1 fully saturated rings. The minimum Gasteiger partial charge on any atom is -0.462 e. The van der Waals surface area contributed by atoms with Gasteiger partial charge >= 0.3 is 11.9 Å². The van der Waals surface area contributed by atoms with Crippen LogP contribution in [0.5, 0.6) is 0 Å². The summed E-state index contributed by atoms with van der Waals surface area (Å²) in [5.41, 5.74) is 0.302. The van der Waals surface area contributed by atoms with Gasteiger partial charge in [0.25, 0.3) is 0 Å². The molecule has 0 heterocycles. The number of carbonyl (C=O) groups excluding carboxylic acids is 2. The quantitative estimate of drug-likeness (QED) is 0.241. The fourth-order valence-corrected chi connectivity index (χ4v) is 3.87. The molecule has 1 aliphatic carbocycles. The van der Waals surface area contributed by atoms with Gasteiger partial charge in [0.2, 0.25) is 0 Å². The van der Waals surface area contributed by atoms with E-state index in [1.807, 2.05) is 6.92 Å². The van der Waals surface area contributed by atoms with Crippen LogP contribution in [0.3, 0.4) is 0 Å². The Morgan fingerprint density at radius 1 is 0.967 bits per heavy atom. The molecule has 1 N–H and O–H groups in total. The normalized spacial score (nSPS) is 19.7. The van der Waals surface area contributed by atoms with Crippen molar-refractivity contribution < 1.29 is 28.9 Å². The minimum absolute atomic E-state index is 0.0236. The number of rotatable bonds is 15. The highest BCUT2D eigenvalue weighted by Gasteiger charge is 2.30. The van der Waals surface area contributed by atoms with E-state index in [0.29, 0.717) is 12.5 Å². The lowest BCUT2D eigenvalue weighted by atomic mass is 9.75. The van der Waals surface area contributed by atoms with Crippen molar-refractivity contribution in [3.63, 3.8) is 0 Å². The Morgan fingerprint density at radius 2 is 1.57 bits per heavy atom. The van der Waals surface area contributed by atoms with Crippen molar-refractivity contribution in [2.24, 2.45) is 17.8 Å². The van der Waals surface area contributed by atoms with Crippen molar-refractivity contribution in [1.29, 1.82) is 0 Å². The van der Waals surface area contributed by atoms with E-state index in [1.165, 1.54) is 25.7 Å². The summed E-state index contributed by atoms with van der Waals surface area (Å²) in [7, 11) is 0. The summed E-state index contributed by atoms with van der Waals surface area (Å²) in [6, 6.07) is 0. The average Bonchev–Trinajstić information content (AvgIpc) is 2.77. The van der Waals surface area contributed by atoms with Gasteiger partial charge in [0.05, 0.1) is 37.6 Å². The summed E-state index contributed by atoms with van der Waals surface area (Å²) in [5.74, 6) is -0.0780. The van der Waals surface area contributed by atoms with E-state index < -0.39 is 18.5 Å². The third-order valence-corrected chi connectivity index (χ3v) is 5.88. The van der Waals surface area contributed by atoms with Gasteiger partial charge in [-0.3, -0.25) is 0 Å². The first-order valence-electron chi connectivity index (χ1n) is 11.3. The number of aliphatic hydroxyl groups is 1. The second-order valence-corrected chi connectivity index (χ2v) is 8.24. The average molecular weight is 425 g/mol. The molecule has 172 valence electrons. The molecule has 0 amide bonds. The molecule has 6 nitrogen and oxygen atoms in total. The number of carbonyl (C=O) groups is 2. The highest BCUT2D eigenvalue weighted by Crippen LogP contribution is 2.36. The smallest absolute Gasteiger partial charge is 0.335 e. The maximum Gasteiger partial charge on any atom is 0.335 e. The minimum atomic E-state index is -0.608. The Labute approximate surface area is 181 Å². The van der Waals surface area contributed by atoms with Crippen LogP contribution in [0.15, 0.2) is 24.3 Å². The van der Waals surface area contributed by atoms with Gasteiger partial charge in [-0.1, -0.05) is 58.6 Å². The molecule has 0 radical (unpaired) electrons. The number of hydrogen-bond acceptors (Lipinski definition) is 6. The first-order chi connectivity index (χ1) is 14.4. The molecule has 1 unspecified atom stereocenters. The molecule has 1 atom stereocenters. The van der Waals surface area contributed by atoms with E-state index in [-0.39, 0.29) is 36.9 Å². The highest BCUT2D eigenvalue weighted by molar-refractivity contribution is 5.88. The second kappa shape index (κ2) is 15.2. The topological polar surface area (TPSA) is 82.1 Å². The Bertz CT molecular complexity index is 548. The number of unbranched alkanes of at least 4 members (excludes halogenated alkanes) is 2. The van der Waals surface area contributed by atoms with Gasteiger partial charge in [0.15, 0.2) is 0 Å². The van der Waals surface area contributed by atoms with E-state index in [2.05, 4.69) is 20.1 Å². The van der Waals surface area contributed by atoms with Crippen LogP contribution in [-0.4, -0.2) is 50.1 Å². The van der Waals surface area contributed by atoms with E-state index in [4.69, 9.17) is 19.3 Å². The Morgan fingerprint density at radius 3 is 2.10 bits per heavy atom. The molecule has 1 saturated carbocycles. The van der Waals surface area contributed by atoms with Gasteiger partial charge < -0.3 is 19.3 Å². The number of hydrogen-bond donors (Lipinski definition) is 1. The van der Waals surface area contributed by atoms with E-state index in [1.54, 1.807) is 0 Å². The second-order valence-electron chi connectivity index (χ2n) is 8.24. The first kappa shape index (κ1) is 26.4. The maximum absolute atomic E-state index is 12.2. The predicted molar refractivity (Wildman–Crippen MR) is 117 cm³/mol. The number of ether oxygens (including phenoxy) is 3. The zero-order chi connectivity index (χ0) is 22.4. The Kier molecular flexibility index (Phi) is 13.4. The molecule has 0 aromatic rings. The van der Waals surface area contributed by atoms with Crippen molar-refractivity contribution in [1.82, 2.24) is 0 Å². The molecule has 0 spiro atoms. The standard InChI is InChI=1S/C24H40O6/c1-5-7-8-9-20-10-12-21(13-11-20)22(16-29-23(26)18(3)14-25)17-30-24(27)19(4)15-28-6-2/h20-22,25H,3-17H2,1-2H3. The van der Waals surface area contributed by atoms with Crippen LogP contribution in [0.2, 0.25) is 0 Å². The van der Waals surface area contributed by atoms with Crippen LogP contribution in [0.25, 0.3) is 0 Å². The van der Waals surface area contributed by atoms with Gasteiger partial charge in [-0.2, -0.15) is 0 Å². The molecular formula is C24H40O6. The van der Waals surface area contributed by atoms with Crippen molar-refractivity contribution in [2.45, 2.75) is 65.2 Å². The van der Waals surface area contributed by atoms with Crippen molar-refractivity contribution in [2.75, 3.05) is 33.0 Å². The molecule has 0 aliphatic heterocycles. The number of aliphatic hydroxyl groups excluding tert-OH is 1. The monoisotopic (exact) mass is 424 g/mol. The molecule has 0 saturated heterocycles. The van der Waals surface area contributed by atoms with E-state index in [0.717, 1.165) is 31.6 Å². The van der Waals surface area contributed by atoms with Gasteiger partial charge in [-0.05, 0) is 31.6 Å². The lowest BCUT2D eigenvalue weighted by Crippen LogP contribution is -2.31. The van der Waals surface area contributed by atoms with Crippen LogP contribution < -0.4 is 0 Å². The zero-order valence-corrected chi connectivity index (χ0v) is 18.8. The molecule has 1 aliphatic rings. The largest absolute Gasteiger partial charge is 0.462 e. The molecule has 0 bridgehead atoms. The highest BCUT2D eigenvalue weighted by atomic mass is 16.5. The van der Waals surface area contributed by atoms with E-state index >= 15 is 0 Å². The lowest BCUT2D eigenvalue weighted by molar-refractivity contribution is -0.146. The fraction of sp³-hybridized carbons (Fsp3) is 0.750. The number of esters is 2. The third kappa shape index (κ3) is 9.90. The molecule has 1 rings (SSSR count). The summed E-state index contributed by atoms with van der Waals surface area (Å²) in [5, 5.41) is 9.05. The molecule has 6 heteroatoms. The Balaban J connectivity index is 2.60.